The fourth-order valence-electron chi connectivity index (χ4n) is 6.95. The highest BCUT2D eigenvalue weighted by atomic mass is 16.5. The normalized spacial score (nSPS) is 23.0. The first-order chi connectivity index (χ1) is 19.2. The summed E-state index contributed by atoms with van der Waals surface area (Å²) in [5.74, 6) is -3.99. The van der Waals surface area contributed by atoms with Crippen molar-refractivity contribution in [3.05, 3.63) is 100 Å². The van der Waals surface area contributed by atoms with E-state index in [1.807, 2.05) is 74.5 Å². The Bertz CT molecular complexity index is 1440. The number of carbonyl (C=O) groups excluding carboxylic acids is 4. The molecule has 2 bridgehead atoms. The third-order valence-electron chi connectivity index (χ3n) is 8.86. The molecule has 204 valence electrons. The Balaban J connectivity index is 1.26. The first kappa shape index (κ1) is 26.0. The van der Waals surface area contributed by atoms with Crippen molar-refractivity contribution in [3.8, 4) is 0 Å². The van der Waals surface area contributed by atoms with E-state index in [2.05, 4.69) is 5.32 Å². The molecule has 7 nitrogen and oxygen atoms in total. The van der Waals surface area contributed by atoms with Gasteiger partial charge in [-0.25, -0.2) is 4.79 Å². The van der Waals surface area contributed by atoms with Gasteiger partial charge in [-0.15, -0.1) is 0 Å². The molecule has 0 spiro atoms. The minimum absolute atomic E-state index is 0.254. The second-order valence-electron chi connectivity index (χ2n) is 11.4. The quantitative estimate of drug-likeness (QED) is 0.364. The maximum atomic E-state index is 14.1. The van der Waals surface area contributed by atoms with Crippen LogP contribution >= 0.6 is 0 Å². The van der Waals surface area contributed by atoms with Gasteiger partial charge in [0.2, 0.25) is 11.8 Å². The highest BCUT2D eigenvalue weighted by Crippen LogP contribution is 2.61. The van der Waals surface area contributed by atoms with E-state index in [-0.39, 0.29) is 23.7 Å². The number of likely N-dealkylation sites (tertiary alicyclic amines) is 1. The Kier molecular flexibility index (Phi) is 6.32. The molecule has 3 atom stereocenters. The lowest BCUT2D eigenvalue weighted by Crippen LogP contribution is -2.49. The van der Waals surface area contributed by atoms with Crippen LogP contribution in [0.4, 0.5) is 5.69 Å². The highest BCUT2D eigenvalue weighted by Gasteiger charge is 2.63. The van der Waals surface area contributed by atoms with Crippen LogP contribution in [0.25, 0.3) is 0 Å². The zero-order chi connectivity index (χ0) is 28.3. The van der Waals surface area contributed by atoms with Gasteiger partial charge in [-0.3, -0.25) is 19.3 Å². The van der Waals surface area contributed by atoms with E-state index < -0.39 is 42.3 Å². The molecule has 7 rings (SSSR count). The van der Waals surface area contributed by atoms with Crippen LogP contribution < -0.4 is 5.32 Å². The number of nitrogens with zero attached hydrogens (tertiary/aromatic N) is 1. The molecule has 0 unspecified atom stereocenters. The lowest BCUT2D eigenvalue weighted by atomic mass is 9.55. The molecular formula is C33H32N2O5. The molecule has 3 amide bonds. The maximum absolute atomic E-state index is 14.1. The van der Waals surface area contributed by atoms with Crippen LogP contribution in [0.15, 0.2) is 66.7 Å². The van der Waals surface area contributed by atoms with Gasteiger partial charge in [-0.1, -0.05) is 74.5 Å². The Morgan fingerprint density at radius 3 is 1.77 bits per heavy atom. The molecule has 0 aromatic heterocycles. The number of imide groups is 1. The molecule has 0 radical (unpaired) electrons. The van der Waals surface area contributed by atoms with Crippen molar-refractivity contribution in [2.75, 3.05) is 11.9 Å². The molecule has 3 aromatic rings. The molecule has 1 saturated heterocycles. The summed E-state index contributed by atoms with van der Waals surface area (Å²) in [7, 11) is 0. The number of benzene rings is 3. The number of anilines is 1. The Morgan fingerprint density at radius 1 is 0.800 bits per heavy atom. The number of aryl methyl sites for hydroxylation is 1. The molecule has 3 aliphatic carbocycles. The van der Waals surface area contributed by atoms with Gasteiger partial charge in [-0.05, 0) is 59.2 Å². The number of esters is 1. The summed E-state index contributed by atoms with van der Waals surface area (Å²) in [6.45, 7) is 6.90. The first-order valence-electron chi connectivity index (χ1n) is 13.8. The SMILES string of the molecule is Cc1cccc(NC(=O)COC(=O)[C@@H](C(C)C)N2C(=O)[C@@H]3C4c5ccccc5C(c5ccccc54)[C@@H]3C2=O)c1C. The number of hydrogen-bond donors (Lipinski definition) is 1. The van der Waals surface area contributed by atoms with Crippen molar-refractivity contribution < 1.29 is 23.9 Å². The van der Waals surface area contributed by atoms with Crippen LogP contribution in [0.3, 0.4) is 0 Å². The van der Waals surface area contributed by atoms with E-state index in [0.717, 1.165) is 38.3 Å². The minimum atomic E-state index is -1.12. The van der Waals surface area contributed by atoms with Crippen LogP contribution in [0, 0.1) is 31.6 Å². The third-order valence-corrected chi connectivity index (χ3v) is 8.86. The van der Waals surface area contributed by atoms with Crippen LogP contribution in [-0.4, -0.2) is 41.2 Å². The van der Waals surface area contributed by atoms with Crippen LogP contribution in [-0.2, 0) is 23.9 Å². The number of carbonyl (C=O) groups is 4. The van der Waals surface area contributed by atoms with E-state index >= 15 is 0 Å². The third kappa shape index (κ3) is 3.86. The molecule has 1 fully saturated rings. The number of hydrogen-bond acceptors (Lipinski definition) is 5. The maximum Gasteiger partial charge on any atom is 0.330 e. The lowest BCUT2D eigenvalue weighted by Gasteiger charge is -2.45. The van der Waals surface area contributed by atoms with E-state index in [4.69, 9.17) is 4.74 Å². The second kappa shape index (κ2) is 9.73. The summed E-state index contributed by atoms with van der Waals surface area (Å²) in [5.41, 5.74) is 6.88. The monoisotopic (exact) mass is 536 g/mol. The molecule has 3 aromatic carbocycles. The van der Waals surface area contributed by atoms with Gasteiger partial charge >= 0.3 is 5.97 Å². The van der Waals surface area contributed by atoms with Gasteiger partial charge in [0.25, 0.3) is 5.91 Å². The van der Waals surface area contributed by atoms with Crippen molar-refractivity contribution in [2.24, 2.45) is 17.8 Å². The molecule has 0 saturated carbocycles. The smallest absolute Gasteiger partial charge is 0.330 e. The average Bonchev–Trinajstić information content (AvgIpc) is 3.20. The predicted molar refractivity (Wildman–Crippen MR) is 150 cm³/mol. The minimum Gasteiger partial charge on any atom is -0.454 e. The van der Waals surface area contributed by atoms with Gasteiger partial charge in [0, 0.05) is 17.5 Å². The number of rotatable bonds is 6. The van der Waals surface area contributed by atoms with Gasteiger partial charge in [-0.2, -0.15) is 0 Å². The van der Waals surface area contributed by atoms with Crippen molar-refractivity contribution in [1.82, 2.24) is 4.90 Å². The van der Waals surface area contributed by atoms with Gasteiger partial charge < -0.3 is 10.1 Å². The zero-order valence-electron chi connectivity index (χ0n) is 23.0. The predicted octanol–water partition coefficient (Wildman–Crippen LogP) is 4.70. The largest absolute Gasteiger partial charge is 0.454 e. The molecule has 1 N–H and O–H groups in total. The van der Waals surface area contributed by atoms with Crippen LogP contribution in [0.2, 0.25) is 0 Å². The molecular weight excluding hydrogens is 504 g/mol. The lowest BCUT2D eigenvalue weighted by molar-refractivity contribution is -0.162. The summed E-state index contributed by atoms with van der Waals surface area (Å²) >= 11 is 0. The Labute approximate surface area is 233 Å². The van der Waals surface area contributed by atoms with E-state index in [1.54, 1.807) is 19.9 Å². The van der Waals surface area contributed by atoms with Crippen molar-refractivity contribution >= 4 is 29.4 Å². The number of ether oxygens (including phenoxy) is 1. The van der Waals surface area contributed by atoms with E-state index in [1.165, 1.54) is 0 Å². The van der Waals surface area contributed by atoms with Crippen molar-refractivity contribution in [2.45, 2.75) is 45.6 Å². The molecule has 40 heavy (non-hydrogen) atoms. The summed E-state index contributed by atoms with van der Waals surface area (Å²) < 4.78 is 5.43. The fraction of sp³-hybridized carbons (Fsp3) is 0.333. The Morgan fingerprint density at radius 2 is 1.30 bits per heavy atom. The topological polar surface area (TPSA) is 92.8 Å². The first-order valence-corrected chi connectivity index (χ1v) is 13.8. The van der Waals surface area contributed by atoms with Gasteiger partial charge in [0.15, 0.2) is 6.61 Å². The molecule has 4 aliphatic rings. The summed E-state index contributed by atoms with van der Waals surface area (Å²) in [4.78, 5) is 55.3. The summed E-state index contributed by atoms with van der Waals surface area (Å²) in [5, 5.41) is 2.78. The second-order valence-corrected chi connectivity index (χ2v) is 11.4. The van der Waals surface area contributed by atoms with Crippen LogP contribution in [0.5, 0.6) is 0 Å². The molecule has 1 heterocycles. The number of amides is 3. The molecule has 1 aliphatic heterocycles. The van der Waals surface area contributed by atoms with E-state index in [9.17, 15) is 19.2 Å². The van der Waals surface area contributed by atoms with Crippen molar-refractivity contribution in [3.63, 3.8) is 0 Å². The van der Waals surface area contributed by atoms with Gasteiger partial charge in [0.1, 0.15) is 6.04 Å². The standard InChI is InChI=1S/C33H32N2O5/c1-17(2)30(33(39)40-16-25(36)34-24-15-9-10-18(3)19(24)4)35-31(37)28-26-20-11-5-6-12-21(20)27(29(28)32(35)38)23-14-8-7-13-22(23)26/h5-15,17,26-30H,16H2,1-4H3,(H,34,36)/t26?,27?,28-,29+,30-/m1/s1. The molecule has 7 heteroatoms. The highest BCUT2D eigenvalue weighted by molar-refractivity contribution is 6.10. The fourth-order valence-corrected chi connectivity index (χ4v) is 6.95. The van der Waals surface area contributed by atoms with E-state index in [0.29, 0.717) is 5.69 Å². The van der Waals surface area contributed by atoms with Crippen LogP contribution in [0.1, 0.15) is 59.1 Å². The summed E-state index contributed by atoms with van der Waals surface area (Å²) in [6, 6.07) is 20.5. The number of nitrogens with one attached hydrogen (secondary N) is 1. The van der Waals surface area contributed by atoms with Crippen molar-refractivity contribution in [1.29, 1.82) is 0 Å². The summed E-state index contributed by atoms with van der Waals surface area (Å²) in [6.07, 6.45) is 0. The van der Waals surface area contributed by atoms with Gasteiger partial charge in [0.05, 0.1) is 11.8 Å². The zero-order valence-corrected chi connectivity index (χ0v) is 23.0. The Hall–Kier alpha value is -4.26. The average molecular weight is 537 g/mol.